The maximum Gasteiger partial charge on any atom is 0.130 e. The molecule has 96 valence electrons. The zero-order valence-corrected chi connectivity index (χ0v) is 11.9. The van der Waals surface area contributed by atoms with Crippen LogP contribution in [0.5, 0.6) is 0 Å². The maximum atomic E-state index is 13.8. The lowest BCUT2D eigenvalue weighted by Crippen LogP contribution is -2.20. The van der Waals surface area contributed by atoms with Crippen molar-refractivity contribution >= 4 is 27.3 Å². The molecule has 0 saturated carbocycles. The summed E-state index contributed by atoms with van der Waals surface area (Å²) < 4.78 is 14.5. The van der Waals surface area contributed by atoms with E-state index in [0.717, 1.165) is 4.88 Å². The first-order valence-corrected chi connectivity index (χ1v) is 7.17. The Balaban J connectivity index is 2.31. The van der Waals surface area contributed by atoms with E-state index < -0.39 is 11.9 Å². The highest BCUT2D eigenvalue weighted by Gasteiger charge is 2.24. The van der Waals surface area contributed by atoms with Crippen molar-refractivity contribution in [3.05, 3.63) is 56.4 Å². The smallest absolute Gasteiger partial charge is 0.130 e. The van der Waals surface area contributed by atoms with Crippen LogP contribution in [0.3, 0.4) is 0 Å². The van der Waals surface area contributed by atoms with Gasteiger partial charge in [-0.05, 0) is 23.6 Å². The molecular weight excluding hydrogens is 317 g/mol. The Kier molecular flexibility index (Phi) is 4.50. The molecule has 1 aromatic carbocycles. The van der Waals surface area contributed by atoms with E-state index in [-0.39, 0.29) is 18.0 Å². The van der Waals surface area contributed by atoms with Crippen molar-refractivity contribution in [2.24, 2.45) is 5.73 Å². The Morgan fingerprint density at radius 3 is 2.72 bits per heavy atom. The van der Waals surface area contributed by atoms with Gasteiger partial charge in [-0.15, -0.1) is 11.3 Å². The van der Waals surface area contributed by atoms with Gasteiger partial charge in [0, 0.05) is 27.4 Å². The minimum atomic E-state index is -0.929. The summed E-state index contributed by atoms with van der Waals surface area (Å²) in [5, 5.41) is 12.2. The van der Waals surface area contributed by atoms with E-state index in [4.69, 9.17) is 5.73 Å². The Hall–Kier alpha value is -0.750. The third-order valence-electron chi connectivity index (χ3n) is 2.82. The highest BCUT2D eigenvalue weighted by Crippen LogP contribution is 2.34. The van der Waals surface area contributed by atoms with Gasteiger partial charge in [0.1, 0.15) is 5.82 Å². The van der Waals surface area contributed by atoms with Crippen molar-refractivity contribution in [3.8, 4) is 0 Å². The predicted octanol–water partition coefficient (Wildman–Crippen LogP) is 3.43. The Bertz CT molecular complexity index is 518. The summed E-state index contributed by atoms with van der Waals surface area (Å²) in [6.45, 7) is 0.275. The van der Waals surface area contributed by atoms with Crippen LogP contribution >= 0.6 is 27.3 Å². The Labute approximate surface area is 117 Å². The third kappa shape index (κ3) is 2.80. The molecule has 0 spiro atoms. The van der Waals surface area contributed by atoms with Crippen LogP contribution in [0.25, 0.3) is 0 Å². The van der Waals surface area contributed by atoms with E-state index in [9.17, 15) is 9.50 Å². The zero-order chi connectivity index (χ0) is 13.1. The van der Waals surface area contributed by atoms with E-state index in [0.29, 0.717) is 4.47 Å². The van der Waals surface area contributed by atoms with E-state index >= 15 is 0 Å². The lowest BCUT2D eigenvalue weighted by atomic mass is 9.94. The predicted molar refractivity (Wildman–Crippen MR) is 75.2 cm³/mol. The molecule has 3 N–H and O–H groups in total. The summed E-state index contributed by atoms with van der Waals surface area (Å²) in [6, 6.07) is 8.44. The standard InChI is InChI=1S/C13H13BrFNOS/c14-8-3-4-9(11(15)6-8)13(17)10(7-16)12-2-1-5-18-12/h1-6,10,13,17H,7,16H2. The third-order valence-corrected chi connectivity index (χ3v) is 4.32. The number of aliphatic hydroxyl groups excluding tert-OH is 1. The van der Waals surface area contributed by atoms with E-state index in [1.54, 1.807) is 12.1 Å². The number of halogens is 2. The molecule has 18 heavy (non-hydrogen) atoms. The summed E-state index contributed by atoms with van der Waals surface area (Å²) in [7, 11) is 0. The Morgan fingerprint density at radius 2 is 2.17 bits per heavy atom. The minimum Gasteiger partial charge on any atom is -0.388 e. The van der Waals surface area contributed by atoms with Crippen molar-refractivity contribution in [1.29, 1.82) is 0 Å². The fourth-order valence-electron chi connectivity index (χ4n) is 1.86. The average molecular weight is 330 g/mol. The first-order chi connectivity index (χ1) is 8.63. The molecule has 1 heterocycles. The molecule has 0 radical (unpaired) electrons. The molecule has 0 fully saturated rings. The molecule has 5 heteroatoms. The average Bonchev–Trinajstić information content (AvgIpc) is 2.83. The summed E-state index contributed by atoms with van der Waals surface area (Å²) >= 11 is 4.71. The molecule has 0 amide bonds. The molecule has 1 aromatic heterocycles. The van der Waals surface area contributed by atoms with Crippen LogP contribution in [0.15, 0.2) is 40.2 Å². The fourth-order valence-corrected chi connectivity index (χ4v) is 3.07. The highest BCUT2D eigenvalue weighted by molar-refractivity contribution is 9.10. The molecule has 0 aliphatic carbocycles. The lowest BCUT2D eigenvalue weighted by molar-refractivity contribution is 0.144. The first-order valence-electron chi connectivity index (χ1n) is 5.50. The number of thiophene rings is 1. The van der Waals surface area contributed by atoms with Gasteiger partial charge in [-0.25, -0.2) is 4.39 Å². The van der Waals surface area contributed by atoms with E-state index in [1.165, 1.54) is 17.4 Å². The SMILES string of the molecule is NCC(c1cccs1)C(O)c1ccc(Br)cc1F. The van der Waals surface area contributed by atoms with Crippen LogP contribution in [0.2, 0.25) is 0 Å². The number of rotatable bonds is 4. The van der Waals surface area contributed by atoms with Gasteiger partial charge < -0.3 is 10.8 Å². The molecule has 0 aliphatic heterocycles. The number of benzene rings is 1. The molecule has 2 atom stereocenters. The van der Waals surface area contributed by atoms with Crippen LogP contribution in [-0.2, 0) is 0 Å². The topological polar surface area (TPSA) is 46.2 Å². The van der Waals surface area contributed by atoms with Crippen LogP contribution < -0.4 is 5.73 Å². The quantitative estimate of drug-likeness (QED) is 0.902. The summed E-state index contributed by atoms with van der Waals surface area (Å²) in [5.74, 6) is -0.701. The molecule has 2 nitrogen and oxygen atoms in total. The van der Waals surface area contributed by atoms with Gasteiger partial charge in [-0.1, -0.05) is 28.1 Å². The molecular formula is C13H13BrFNOS. The van der Waals surface area contributed by atoms with Crippen LogP contribution in [-0.4, -0.2) is 11.7 Å². The number of hydrogen-bond acceptors (Lipinski definition) is 3. The number of hydrogen-bond donors (Lipinski definition) is 2. The van der Waals surface area contributed by atoms with Crippen molar-refractivity contribution in [2.45, 2.75) is 12.0 Å². The second-order valence-electron chi connectivity index (χ2n) is 3.97. The highest BCUT2D eigenvalue weighted by atomic mass is 79.9. The van der Waals surface area contributed by atoms with Crippen LogP contribution in [0.1, 0.15) is 22.5 Å². The monoisotopic (exact) mass is 329 g/mol. The van der Waals surface area contributed by atoms with Gasteiger partial charge in [-0.2, -0.15) is 0 Å². The Morgan fingerprint density at radius 1 is 1.39 bits per heavy atom. The second kappa shape index (κ2) is 5.93. The molecule has 0 bridgehead atoms. The maximum absolute atomic E-state index is 13.8. The van der Waals surface area contributed by atoms with Gasteiger partial charge in [0.05, 0.1) is 6.10 Å². The van der Waals surface area contributed by atoms with Crippen molar-refractivity contribution in [2.75, 3.05) is 6.54 Å². The van der Waals surface area contributed by atoms with E-state index in [2.05, 4.69) is 15.9 Å². The van der Waals surface area contributed by atoms with Gasteiger partial charge in [-0.3, -0.25) is 0 Å². The van der Waals surface area contributed by atoms with Crippen LogP contribution in [0.4, 0.5) is 4.39 Å². The first kappa shape index (κ1) is 13.7. The summed E-state index contributed by atoms with van der Waals surface area (Å²) in [6.07, 6.45) is -0.929. The summed E-state index contributed by atoms with van der Waals surface area (Å²) in [5.41, 5.74) is 5.98. The summed E-state index contributed by atoms with van der Waals surface area (Å²) in [4.78, 5) is 0.965. The largest absolute Gasteiger partial charge is 0.388 e. The van der Waals surface area contributed by atoms with Crippen molar-refractivity contribution in [1.82, 2.24) is 0 Å². The lowest BCUT2D eigenvalue weighted by Gasteiger charge is -2.21. The van der Waals surface area contributed by atoms with E-state index in [1.807, 2.05) is 17.5 Å². The van der Waals surface area contributed by atoms with Gasteiger partial charge in [0.25, 0.3) is 0 Å². The van der Waals surface area contributed by atoms with Gasteiger partial charge in [0.15, 0.2) is 0 Å². The normalized spacial score (nSPS) is 14.4. The van der Waals surface area contributed by atoms with Gasteiger partial charge in [0.2, 0.25) is 0 Å². The van der Waals surface area contributed by atoms with Crippen molar-refractivity contribution < 1.29 is 9.50 Å². The molecule has 2 aromatic rings. The fraction of sp³-hybridized carbons (Fsp3) is 0.231. The molecule has 0 aliphatic rings. The molecule has 2 unspecified atom stereocenters. The number of nitrogens with two attached hydrogens (primary N) is 1. The zero-order valence-electron chi connectivity index (χ0n) is 9.51. The minimum absolute atomic E-state index is 0.275. The van der Waals surface area contributed by atoms with Gasteiger partial charge >= 0.3 is 0 Å². The van der Waals surface area contributed by atoms with Crippen LogP contribution in [0, 0.1) is 5.82 Å². The number of aliphatic hydroxyl groups is 1. The molecule has 2 rings (SSSR count). The second-order valence-corrected chi connectivity index (χ2v) is 5.86. The molecule has 0 saturated heterocycles. The van der Waals surface area contributed by atoms with Crippen molar-refractivity contribution in [3.63, 3.8) is 0 Å².